The molecule has 1 unspecified atom stereocenters. The van der Waals surface area contributed by atoms with Crippen LogP contribution in [0.2, 0.25) is 0 Å². The Morgan fingerprint density at radius 1 is 1.29 bits per heavy atom. The van der Waals surface area contributed by atoms with Crippen LogP contribution in [0.15, 0.2) is 24.3 Å². The van der Waals surface area contributed by atoms with Gasteiger partial charge in [0.15, 0.2) is 0 Å². The summed E-state index contributed by atoms with van der Waals surface area (Å²) in [5, 5.41) is 2.84. The monoisotopic (exact) mass is 290 g/mol. The highest BCUT2D eigenvalue weighted by Crippen LogP contribution is 2.21. The summed E-state index contributed by atoms with van der Waals surface area (Å²) in [5.41, 5.74) is 12.3. The molecule has 1 atom stereocenters. The van der Waals surface area contributed by atoms with E-state index in [0.29, 0.717) is 37.3 Å². The molecule has 6 nitrogen and oxygen atoms in total. The van der Waals surface area contributed by atoms with Gasteiger partial charge in [-0.05, 0) is 45.0 Å². The first-order valence-electron chi connectivity index (χ1n) is 7.17. The minimum absolute atomic E-state index is 0.0683. The van der Waals surface area contributed by atoms with Gasteiger partial charge < -0.3 is 16.8 Å². The first-order valence-corrected chi connectivity index (χ1v) is 7.17. The largest absolute Gasteiger partial charge is 0.397 e. The fourth-order valence-electron chi connectivity index (χ4n) is 2.59. The number of nitrogens with two attached hydrogens (primary N) is 2. The van der Waals surface area contributed by atoms with Gasteiger partial charge >= 0.3 is 0 Å². The van der Waals surface area contributed by atoms with Crippen LogP contribution in [-0.2, 0) is 9.59 Å². The molecule has 2 amide bonds. The van der Waals surface area contributed by atoms with Gasteiger partial charge in [0.2, 0.25) is 11.8 Å². The second kappa shape index (κ2) is 6.58. The lowest BCUT2D eigenvalue weighted by Gasteiger charge is -2.34. The molecule has 0 aliphatic carbocycles. The number of nitrogens with one attached hydrogen (secondary N) is 1. The van der Waals surface area contributed by atoms with Gasteiger partial charge in [0.1, 0.15) is 0 Å². The molecule has 0 saturated carbocycles. The summed E-state index contributed by atoms with van der Waals surface area (Å²) < 4.78 is 0. The molecule has 2 rings (SSSR count). The number of anilines is 2. The van der Waals surface area contributed by atoms with Crippen molar-refractivity contribution in [1.82, 2.24) is 4.90 Å². The number of benzene rings is 1. The first kappa shape index (κ1) is 15.3. The van der Waals surface area contributed by atoms with Gasteiger partial charge in [0, 0.05) is 5.92 Å². The Balaban J connectivity index is 1.92. The molecule has 6 heteroatoms. The van der Waals surface area contributed by atoms with Crippen molar-refractivity contribution in [3.05, 3.63) is 24.3 Å². The van der Waals surface area contributed by atoms with Crippen LogP contribution in [-0.4, -0.2) is 35.8 Å². The quantitative estimate of drug-likeness (QED) is 0.714. The highest BCUT2D eigenvalue weighted by Gasteiger charge is 2.28. The zero-order valence-electron chi connectivity index (χ0n) is 12.2. The first-order chi connectivity index (χ1) is 9.99. The molecule has 0 aromatic heterocycles. The van der Waals surface area contributed by atoms with Gasteiger partial charge in [-0.25, -0.2) is 0 Å². The van der Waals surface area contributed by atoms with Gasteiger partial charge in [0.25, 0.3) is 0 Å². The number of carbonyl (C=O) groups excluding carboxylic acids is 2. The number of primary amides is 1. The summed E-state index contributed by atoms with van der Waals surface area (Å²) in [5.74, 6) is -0.407. The molecule has 1 aliphatic rings. The van der Waals surface area contributed by atoms with Crippen LogP contribution in [0.5, 0.6) is 0 Å². The maximum atomic E-state index is 12.3. The predicted molar refractivity (Wildman–Crippen MR) is 82.4 cm³/mol. The molecule has 1 heterocycles. The fourth-order valence-corrected chi connectivity index (χ4v) is 2.59. The molecular weight excluding hydrogens is 268 g/mol. The Morgan fingerprint density at radius 3 is 2.48 bits per heavy atom. The Kier molecular flexibility index (Phi) is 4.80. The van der Waals surface area contributed by atoms with E-state index in [-0.39, 0.29) is 23.8 Å². The van der Waals surface area contributed by atoms with Crippen molar-refractivity contribution in [3.8, 4) is 0 Å². The maximum absolute atomic E-state index is 12.3. The van der Waals surface area contributed by atoms with Gasteiger partial charge in [0.05, 0.1) is 17.4 Å². The van der Waals surface area contributed by atoms with E-state index < -0.39 is 0 Å². The number of rotatable bonds is 4. The van der Waals surface area contributed by atoms with Crippen molar-refractivity contribution in [2.75, 3.05) is 24.1 Å². The van der Waals surface area contributed by atoms with E-state index in [0.717, 1.165) is 0 Å². The summed E-state index contributed by atoms with van der Waals surface area (Å²) in [6, 6.07) is 6.91. The van der Waals surface area contributed by atoms with E-state index in [4.69, 9.17) is 11.5 Å². The number of nitrogen functional groups attached to an aromatic ring is 1. The maximum Gasteiger partial charge on any atom is 0.241 e. The molecule has 5 N–H and O–H groups in total. The standard InChI is InChI=1S/C15H22N4O2/c1-10(19-8-6-11(7-9-19)14(17)20)15(21)18-13-5-3-2-4-12(13)16/h2-5,10-11H,6-9,16H2,1H3,(H2,17,20)(H,18,21). The zero-order valence-corrected chi connectivity index (χ0v) is 12.2. The number of nitrogens with zero attached hydrogens (tertiary/aromatic N) is 1. The molecule has 1 aromatic rings. The second-order valence-corrected chi connectivity index (χ2v) is 5.47. The minimum Gasteiger partial charge on any atom is -0.397 e. The van der Waals surface area contributed by atoms with E-state index >= 15 is 0 Å². The molecular formula is C15H22N4O2. The lowest BCUT2D eigenvalue weighted by atomic mass is 9.95. The van der Waals surface area contributed by atoms with Gasteiger partial charge in [-0.2, -0.15) is 0 Å². The zero-order chi connectivity index (χ0) is 15.4. The Bertz CT molecular complexity index is 524. The van der Waals surface area contributed by atoms with Crippen molar-refractivity contribution < 1.29 is 9.59 Å². The number of hydrogen-bond donors (Lipinski definition) is 3. The van der Waals surface area contributed by atoms with E-state index in [9.17, 15) is 9.59 Å². The molecule has 1 saturated heterocycles. The Morgan fingerprint density at radius 2 is 1.90 bits per heavy atom. The third-order valence-electron chi connectivity index (χ3n) is 4.08. The predicted octanol–water partition coefficient (Wildman–Crippen LogP) is 0.793. The van der Waals surface area contributed by atoms with Crippen molar-refractivity contribution >= 4 is 23.2 Å². The van der Waals surface area contributed by atoms with Crippen molar-refractivity contribution in [2.45, 2.75) is 25.8 Å². The molecule has 114 valence electrons. The van der Waals surface area contributed by atoms with E-state index in [1.165, 1.54) is 0 Å². The van der Waals surface area contributed by atoms with Gasteiger partial charge in [-0.15, -0.1) is 0 Å². The summed E-state index contributed by atoms with van der Waals surface area (Å²) in [6.45, 7) is 3.26. The number of likely N-dealkylation sites (tertiary alicyclic amines) is 1. The minimum atomic E-state index is -0.265. The SMILES string of the molecule is CC(C(=O)Nc1ccccc1N)N1CCC(C(N)=O)CC1. The number of piperidine rings is 1. The molecule has 21 heavy (non-hydrogen) atoms. The van der Waals surface area contributed by atoms with E-state index in [1.54, 1.807) is 12.1 Å². The fraction of sp³-hybridized carbons (Fsp3) is 0.467. The number of amides is 2. The van der Waals surface area contributed by atoms with Crippen LogP contribution in [0.4, 0.5) is 11.4 Å². The normalized spacial score (nSPS) is 18.1. The number of carbonyl (C=O) groups is 2. The Labute approximate surface area is 124 Å². The average molecular weight is 290 g/mol. The highest BCUT2D eigenvalue weighted by atomic mass is 16.2. The van der Waals surface area contributed by atoms with Crippen LogP contribution >= 0.6 is 0 Å². The third-order valence-corrected chi connectivity index (χ3v) is 4.08. The van der Waals surface area contributed by atoms with E-state index in [1.807, 2.05) is 19.1 Å². The second-order valence-electron chi connectivity index (χ2n) is 5.47. The smallest absolute Gasteiger partial charge is 0.241 e. The molecule has 1 aromatic carbocycles. The van der Waals surface area contributed by atoms with E-state index in [2.05, 4.69) is 10.2 Å². The lowest BCUT2D eigenvalue weighted by molar-refractivity contribution is -0.124. The third kappa shape index (κ3) is 3.72. The van der Waals surface area contributed by atoms with Crippen LogP contribution < -0.4 is 16.8 Å². The summed E-state index contributed by atoms with van der Waals surface area (Å²) in [6.07, 6.45) is 1.42. The molecule has 1 aliphatic heterocycles. The summed E-state index contributed by atoms with van der Waals surface area (Å²) in [7, 11) is 0. The summed E-state index contributed by atoms with van der Waals surface area (Å²) in [4.78, 5) is 25.5. The lowest BCUT2D eigenvalue weighted by Crippen LogP contribution is -2.47. The molecule has 0 bridgehead atoms. The summed E-state index contributed by atoms with van der Waals surface area (Å²) >= 11 is 0. The van der Waals surface area contributed by atoms with Crippen LogP contribution in [0.1, 0.15) is 19.8 Å². The number of para-hydroxylation sites is 2. The topological polar surface area (TPSA) is 101 Å². The molecule has 0 spiro atoms. The van der Waals surface area contributed by atoms with Gasteiger partial charge in [-0.3, -0.25) is 14.5 Å². The Hall–Kier alpha value is -2.08. The van der Waals surface area contributed by atoms with Crippen LogP contribution in [0.25, 0.3) is 0 Å². The number of hydrogen-bond acceptors (Lipinski definition) is 4. The van der Waals surface area contributed by atoms with Crippen LogP contribution in [0, 0.1) is 5.92 Å². The average Bonchev–Trinajstić information content (AvgIpc) is 2.49. The molecule has 1 fully saturated rings. The van der Waals surface area contributed by atoms with Gasteiger partial charge in [-0.1, -0.05) is 12.1 Å². The van der Waals surface area contributed by atoms with Crippen LogP contribution in [0.3, 0.4) is 0 Å². The highest BCUT2D eigenvalue weighted by molar-refractivity contribution is 5.97. The van der Waals surface area contributed by atoms with Crippen molar-refractivity contribution in [3.63, 3.8) is 0 Å². The molecule has 0 radical (unpaired) electrons. The van der Waals surface area contributed by atoms with Crippen molar-refractivity contribution in [1.29, 1.82) is 0 Å². The van der Waals surface area contributed by atoms with Crippen molar-refractivity contribution in [2.24, 2.45) is 11.7 Å².